The van der Waals surface area contributed by atoms with Crippen LogP contribution >= 0.6 is 0 Å². The van der Waals surface area contributed by atoms with Gasteiger partial charge in [-0.25, -0.2) is 4.79 Å². The van der Waals surface area contributed by atoms with E-state index in [1.165, 1.54) is 18.7 Å². The quantitative estimate of drug-likeness (QED) is 0.585. The third-order valence-corrected chi connectivity index (χ3v) is 4.73. The first-order valence-corrected chi connectivity index (χ1v) is 8.88. The van der Waals surface area contributed by atoms with Crippen molar-refractivity contribution in [1.29, 1.82) is 0 Å². The molecule has 2 atom stereocenters. The molecule has 3 rings (SSSR count). The minimum Gasteiger partial charge on any atom is -0.497 e. The molecule has 2 heterocycles. The van der Waals surface area contributed by atoms with Crippen LogP contribution in [0.5, 0.6) is 0 Å². The van der Waals surface area contributed by atoms with Gasteiger partial charge in [-0.05, 0) is 31.2 Å². The molecule has 2 aliphatic rings. The van der Waals surface area contributed by atoms with Crippen LogP contribution in [0, 0.1) is 5.41 Å². The Hall–Kier alpha value is -1.85. The Morgan fingerprint density at radius 2 is 2.16 bits per heavy atom. The number of rotatable bonds is 6. The van der Waals surface area contributed by atoms with Crippen LogP contribution < -0.4 is 0 Å². The first-order valence-electron chi connectivity index (χ1n) is 8.88. The van der Waals surface area contributed by atoms with Crippen molar-refractivity contribution in [3.8, 4) is 0 Å². The van der Waals surface area contributed by atoms with Gasteiger partial charge in [-0.15, -0.1) is 0 Å². The number of benzene rings is 1. The van der Waals surface area contributed by atoms with Gasteiger partial charge in [0, 0.05) is 18.4 Å². The summed E-state index contributed by atoms with van der Waals surface area (Å²) in [5.74, 6) is 0.276. The van der Waals surface area contributed by atoms with E-state index in [0.717, 1.165) is 32.3 Å². The summed E-state index contributed by atoms with van der Waals surface area (Å²) in [5.41, 5.74) is 1.04. The molecule has 0 radical (unpaired) electrons. The lowest BCUT2D eigenvalue weighted by atomic mass is 9.81. The van der Waals surface area contributed by atoms with E-state index in [-0.39, 0.29) is 17.7 Å². The largest absolute Gasteiger partial charge is 0.497 e. The zero-order valence-corrected chi connectivity index (χ0v) is 14.7. The minimum atomic E-state index is -0.387. The highest BCUT2D eigenvalue weighted by molar-refractivity contribution is 5.82. The Kier molecular flexibility index (Phi) is 6.10. The first-order chi connectivity index (χ1) is 12.2. The fourth-order valence-corrected chi connectivity index (χ4v) is 3.40. The third-order valence-electron chi connectivity index (χ3n) is 4.73. The number of hydrogen-bond donors (Lipinski definition) is 0. The lowest BCUT2D eigenvalue weighted by molar-refractivity contribution is -0.179. The van der Waals surface area contributed by atoms with E-state index in [4.69, 9.17) is 18.9 Å². The molecule has 5 heteroatoms. The predicted octanol–water partition coefficient (Wildman–Crippen LogP) is 3.24. The van der Waals surface area contributed by atoms with Gasteiger partial charge >= 0.3 is 5.97 Å². The lowest BCUT2D eigenvalue weighted by Crippen LogP contribution is -2.34. The van der Waals surface area contributed by atoms with E-state index in [1.807, 2.05) is 18.2 Å². The molecule has 0 spiro atoms. The molecule has 0 aliphatic carbocycles. The number of allylic oxidation sites excluding steroid dienone is 1. The van der Waals surface area contributed by atoms with Crippen LogP contribution in [-0.4, -0.2) is 39.2 Å². The third kappa shape index (κ3) is 5.06. The SMILES string of the molecule is COC(=O)/C=C1\CC(COC2CCCCO2)(Cc2ccccc2)CO1. The molecule has 1 aromatic carbocycles. The highest BCUT2D eigenvalue weighted by atomic mass is 16.7. The van der Waals surface area contributed by atoms with Gasteiger partial charge < -0.3 is 18.9 Å². The van der Waals surface area contributed by atoms with Crippen LogP contribution in [0.3, 0.4) is 0 Å². The molecular weight excluding hydrogens is 320 g/mol. The lowest BCUT2D eigenvalue weighted by Gasteiger charge is -2.30. The van der Waals surface area contributed by atoms with Crippen LogP contribution in [0.2, 0.25) is 0 Å². The molecule has 0 N–H and O–H groups in total. The fraction of sp³-hybridized carbons (Fsp3) is 0.550. The molecule has 2 saturated heterocycles. The molecule has 0 saturated carbocycles. The van der Waals surface area contributed by atoms with Crippen LogP contribution in [0.15, 0.2) is 42.2 Å². The maximum Gasteiger partial charge on any atom is 0.333 e. The molecule has 5 nitrogen and oxygen atoms in total. The standard InChI is InChI=1S/C20H26O5/c1-22-18(21)11-17-13-20(14-24-17,12-16-7-3-2-4-8-16)15-25-19-9-5-6-10-23-19/h2-4,7-8,11,19H,5-6,9-10,12-15H2,1H3/b17-11+. The van der Waals surface area contributed by atoms with Crippen molar-refractivity contribution < 1.29 is 23.7 Å². The van der Waals surface area contributed by atoms with Gasteiger partial charge in [0.1, 0.15) is 5.76 Å². The van der Waals surface area contributed by atoms with Crippen molar-refractivity contribution in [2.45, 2.75) is 38.4 Å². The molecular formula is C20H26O5. The van der Waals surface area contributed by atoms with Crippen molar-refractivity contribution in [2.24, 2.45) is 5.41 Å². The second-order valence-electron chi connectivity index (χ2n) is 6.87. The summed E-state index contributed by atoms with van der Waals surface area (Å²) in [6.45, 7) is 1.84. The molecule has 2 aliphatic heterocycles. The Balaban J connectivity index is 1.69. The minimum absolute atomic E-state index is 0.130. The van der Waals surface area contributed by atoms with Crippen LogP contribution in [-0.2, 0) is 30.2 Å². The van der Waals surface area contributed by atoms with Gasteiger partial charge in [-0.1, -0.05) is 30.3 Å². The normalized spacial score (nSPS) is 27.9. The van der Waals surface area contributed by atoms with Crippen molar-refractivity contribution in [2.75, 3.05) is 26.9 Å². The van der Waals surface area contributed by atoms with Crippen molar-refractivity contribution in [1.82, 2.24) is 0 Å². The van der Waals surface area contributed by atoms with E-state index >= 15 is 0 Å². The Morgan fingerprint density at radius 3 is 2.88 bits per heavy atom. The Bertz CT molecular complexity index is 591. The predicted molar refractivity (Wildman–Crippen MR) is 92.8 cm³/mol. The zero-order valence-electron chi connectivity index (χ0n) is 14.7. The smallest absolute Gasteiger partial charge is 0.333 e. The van der Waals surface area contributed by atoms with E-state index < -0.39 is 0 Å². The zero-order chi connectivity index (χ0) is 17.5. The number of esters is 1. The number of carbonyl (C=O) groups is 1. The number of carbonyl (C=O) groups excluding carboxylic acids is 1. The van der Waals surface area contributed by atoms with E-state index in [1.54, 1.807) is 0 Å². The molecule has 2 fully saturated rings. The summed E-state index contributed by atoms with van der Waals surface area (Å²) >= 11 is 0. The van der Waals surface area contributed by atoms with Gasteiger partial charge in [0.2, 0.25) is 0 Å². The second-order valence-corrected chi connectivity index (χ2v) is 6.87. The molecule has 0 amide bonds. The second kappa shape index (κ2) is 8.50. The van der Waals surface area contributed by atoms with E-state index in [9.17, 15) is 4.79 Å². The van der Waals surface area contributed by atoms with Crippen LogP contribution in [0.4, 0.5) is 0 Å². The van der Waals surface area contributed by atoms with Gasteiger partial charge in [0.25, 0.3) is 0 Å². The highest BCUT2D eigenvalue weighted by Crippen LogP contribution is 2.39. The molecule has 136 valence electrons. The van der Waals surface area contributed by atoms with E-state index in [0.29, 0.717) is 25.4 Å². The average Bonchev–Trinajstić information content (AvgIpc) is 3.04. The van der Waals surface area contributed by atoms with Crippen molar-refractivity contribution >= 4 is 5.97 Å². The first kappa shape index (κ1) is 18.0. The van der Waals surface area contributed by atoms with E-state index in [2.05, 4.69) is 12.1 Å². The molecule has 1 aromatic rings. The Morgan fingerprint density at radius 1 is 1.32 bits per heavy atom. The molecule has 0 aromatic heterocycles. The summed E-state index contributed by atoms with van der Waals surface area (Å²) in [6, 6.07) is 10.3. The maximum absolute atomic E-state index is 11.5. The average molecular weight is 346 g/mol. The van der Waals surface area contributed by atoms with Gasteiger partial charge in [-0.3, -0.25) is 0 Å². The number of methoxy groups -OCH3 is 1. The van der Waals surface area contributed by atoms with Gasteiger partial charge in [0.05, 0.1) is 26.4 Å². The number of ether oxygens (including phenoxy) is 4. The summed E-state index contributed by atoms with van der Waals surface area (Å²) in [6.07, 6.45) is 5.97. The topological polar surface area (TPSA) is 54.0 Å². The van der Waals surface area contributed by atoms with Crippen LogP contribution in [0.25, 0.3) is 0 Å². The number of hydrogen-bond acceptors (Lipinski definition) is 5. The Labute approximate surface area is 148 Å². The van der Waals surface area contributed by atoms with Gasteiger partial charge in [0.15, 0.2) is 6.29 Å². The summed E-state index contributed by atoms with van der Waals surface area (Å²) < 4.78 is 22.3. The highest BCUT2D eigenvalue weighted by Gasteiger charge is 2.40. The van der Waals surface area contributed by atoms with Crippen molar-refractivity contribution in [3.63, 3.8) is 0 Å². The van der Waals surface area contributed by atoms with Crippen LogP contribution in [0.1, 0.15) is 31.2 Å². The maximum atomic E-state index is 11.5. The van der Waals surface area contributed by atoms with Gasteiger partial charge in [-0.2, -0.15) is 0 Å². The summed E-state index contributed by atoms with van der Waals surface area (Å²) in [4.78, 5) is 11.5. The molecule has 0 bridgehead atoms. The molecule has 2 unspecified atom stereocenters. The summed E-state index contributed by atoms with van der Waals surface area (Å²) in [7, 11) is 1.37. The van der Waals surface area contributed by atoms with Crippen molar-refractivity contribution in [3.05, 3.63) is 47.7 Å². The molecule has 25 heavy (non-hydrogen) atoms. The summed E-state index contributed by atoms with van der Waals surface area (Å²) in [5, 5.41) is 0. The fourth-order valence-electron chi connectivity index (χ4n) is 3.40. The monoisotopic (exact) mass is 346 g/mol.